The molecule has 1 unspecified atom stereocenters. The van der Waals surface area contributed by atoms with Gasteiger partial charge in [0.05, 0.1) is 11.5 Å². The van der Waals surface area contributed by atoms with E-state index >= 15 is 0 Å². The first-order chi connectivity index (χ1) is 12.0. The van der Waals surface area contributed by atoms with Gasteiger partial charge in [-0.3, -0.25) is 4.79 Å². The number of halogens is 1. The first kappa shape index (κ1) is 22.9. The number of carbonyl (C=O) groups excluding carboxylic acids is 1. The van der Waals surface area contributed by atoms with Crippen LogP contribution < -0.4 is 10.0 Å². The fourth-order valence-corrected chi connectivity index (χ4v) is 3.98. The van der Waals surface area contributed by atoms with E-state index in [-0.39, 0.29) is 42.4 Å². The molecule has 2 N–H and O–H groups in total. The van der Waals surface area contributed by atoms with Gasteiger partial charge in [-0.1, -0.05) is 13.0 Å². The van der Waals surface area contributed by atoms with Crippen LogP contribution in [-0.4, -0.2) is 65.2 Å². The largest absolute Gasteiger partial charge is 0.383 e. The van der Waals surface area contributed by atoms with Crippen molar-refractivity contribution in [2.75, 3.05) is 39.9 Å². The van der Waals surface area contributed by atoms with Crippen molar-refractivity contribution >= 4 is 28.3 Å². The number of amides is 1. The summed E-state index contributed by atoms with van der Waals surface area (Å²) in [6, 6.07) is 6.37. The van der Waals surface area contributed by atoms with E-state index in [4.69, 9.17) is 4.74 Å². The minimum atomic E-state index is -3.66. The van der Waals surface area contributed by atoms with Gasteiger partial charge in [0.15, 0.2) is 0 Å². The fourth-order valence-electron chi connectivity index (χ4n) is 2.92. The third kappa shape index (κ3) is 5.92. The van der Waals surface area contributed by atoms with Crippen molar-refractivity contribution in [1.29, 1.82) is 0 Å². The Bertz CT molecular complexity index is 678. The predicted molar refractivity (Wildman–Crippen MR) is 103 cm³/mol. The average molecular weight is 406 g/mol. The Hall–Kier alpha value is -1.19. The van der Waals surface area contributed by atoms with Gasteiger partial charge in [-0.15, -0.1) is 12.4 Å². The number of hydrogen-bond donors (Lipinski definition) is 2. The third-order valence-electron chi connectivity index (χ3n) is 4.19. The summed E-state index contributed by atoms with van der Waals surface area (Å²) in [5.74, 6) is -0.121. The zero-order valence-corrected chi connectivity index (χ0v) is 16.9. The molecule has 7 nitrogen and oxygen atoms in total. The van der Waals surface area contributed by atoms with Crippen molar-refractivity contribution in [1.82, 2.24) is 14.9 Å². The summed E-state index contributed by atoms with van der Waals surface area (Å²) in [6.07, 6.45) is 1.78. The molecule has 0 aliphatic carbocycles. The highest BCUT2D eigenvalue weighted by molar-refractivity contribution is 7.89. The topological polar surface area (TPSA) is 87.7 Å². The number of benzene rings is 1. The van der Waals surface area contributed by atoms with Crippen LogP contribution in [0.25, 0.3) is 0 Å². The quantitative estimate of drug-likeness (QED) is 0.603. The summed E-state index contributed by atoms with van der Waals surface area (Å²) in [5.41, 5.74) is 0.398. The maximum atomic E-state index is 12.9. The van der Waals surface area contributed by atoms with E-state index in [1.807, 2.05) is 11.8 Å². The summed E-state index contributed by atoms with van der Waals surface area (Å²) in [5, 5.41) is 3.27. The van der Waals surface area contributed by atoms with Crippen LogP contribution in [0.5, 0.6) is 0 Å². The van der Waals surface area contributed by atoms with Crippen LogP contribution in [-0.2, 0) is 14.8 Å². The lowest BCUT2D eigenvalue weighted by Crippen LogP contribution is -2.42. The van der Waals surface area contributed by atoms with Crippen LogP contribution in [0.3, 0.4) is 0 Å². The number of ether oxygens (including phenoxy) is 1. The molecular weight excluding hydrogens is 378 g/mol. The second-order valence-corrected chi connectivity index (χ2v) is 7.83. The van der Waals surface area contributed by atoms with Gasteiger partial charge in [0.25, 0.3) is 5.91 Å². The van der Waals surface area contributed by atoms with Gasteiger partial charge in [-0.2, -0.15) is 0 Å². The highest BCUT2D eigenvalue weighted by Gasteiger charge is 2.27. The molecule has 0 aromatic heterocycles. The summed E-state index contributed by atoms with van der Waals surface area (Å²) in [6.45, 7) is 4.85. The molecule has 0 saturated carbocycles. The normalized spacial score (nSPS) is 16.9. The van der Waals surface area contributed by atoms with Crippen LogP contribution >= 0.6 is 12.4 Å². The molecule has 9 heteroatoms. The van der Waals surface area contributed by atoms with Crippen molar-refractivity contribution in [3.05, 3.63) is 29.8 Å². The number of sulfonamides is 1. The molecule has 1 fully saturated rings. The van der Waals surface area contributed by atoms with Gasteiger partial charge < -0.3 is 15.0 Å². The lowest BCUT2D eigenvalue weighted by atomic mass is 10.1. The zero-order valence-electron chi connectivity index (χ0n) is 15.2. The van der Waals surface area contributed by atoms with E-state index in [1.165, 1.54) is 19.2 Å². The number of methoxy groups -OCH3 is 1. The molecule has 1 aliphatic heterocycles. The lowest BCUT2D eigenvalue weighted by Gasteiger charge is -2.28. The van der Waals surface area contributed by atoms with E-state index in [0.29, 0.717) is 12.1 Å². The van der Waals surface area contributed by atoms with Gasteiger partial charge in [0, 0.05) is 38.3 Å². The van der Waals surface area contributed by atoms with Crippen molar-refractivity contribution in [2.24, 2.45) is 0 Å². The molecule has 1 aromatic carbocycles. The molecule has 1 heterocycles. The van der Waals surface area contributed by atoms with Crippen LogP contribution in [0.2, 0.25) is 0 Å². The molecule has 1 atom stereocenters. The SMILES string of the molecule is CCCN(C(=O)c1cccc(S(=O)(=O)NCCOC)c1)C1CCNC1.Cl. The second-order valence-electron chi connectivity index (χ2n) is 6.06. The maximum Gasteiger partial charge on any atom is 0.254 e. The highest BCUT2D eigenvalue weighted by Crippen LogP contribution is 2.17. The molecule has 0 radical (unpaired) electrons. The highest BCUT2D eigenvalue weighted by atomic mass is 35.5. The standard InChI is InChI=1S/C17H27N3O4S.ClH/c1-3-10-20(15-7-8-18-13-15)17(21)14-5-4-6-16(12-14)25(22,23)19-9-11-24-2;/h4-6,12,15,18-19H,3,7-11,13H2,1-2H3;1H. The summed E-state index contributed by atoms with van der Waals surface area (Å²) < 4.78 is 32.0. The predicted octanol–water partition coefficient (Wildman–Crippen LogP) is 1.25. The van der Waals surface area contributed by atoms with Crippen molar-refractivity contribution in [3.8, 4) is 0 Å². The first-order valence-corrected chi connectivity index (χ1v) is 10.1. The molecule has 1 aromatic rings. The molecule has 0 bridgehead atoms. The fraction of sp³-hybridized carbons (Fsp3) is 0.588. The number of carbonyl (C=O) groups is 1. The molecule has 1 aliphatic rings. The Morgan fingerprint density at radius 3 is 2.81 bits per heavy atom. The zero-order chi connectivity index (χ0) is 18.3. The molecule has 148 valence electrons. The Balaban J connectivity index is 0.00000338. The number of rotatable bonds is 9. The minimum Gasteiger partial charge on any atom is -0.383 e. The van der Waals surface area contributed by atoms with Crippen LogP contribution in [0.4, 0.5) is 0 Å². The lowest BCUT2D eigenvalue weighted by molar-refractivity contribution is 0.0692. The number of hydrogen-bond acceptors (Lipinski definition) is 5. The Morgan fingerprint density at radius 1 is 1.42 bits per heavy atom. The van der Waals surface area contributed by atoms with Gasteiger partial charge in [-0.25, -0.2) is 13.1 Å². The molecule has 2 rings (SSSR count). The Labute approximate surface area is 161 Å². The molecular formula is C17H28ClN3O4S. The first-order valence-electron chi connectivity index (χ1n) is 8.60. The molecule has 26 heavy (non-hydrogen) atoms. The van der Waals surface area contributed by atoms with E-state index < -0.39 is 10.0 Å². The average Bonchev–Trinajstić information content (AvgIpc) is 3.13. The summed E-state index contributed by atoms with van der Waals surface area (Å²) in [4.78, 5) is 14.9. The maximum absolute atomic E-state index is 12.9. The van der Waals surface area contributed by atoms with Crippen molar-refractivity contribution in [2.45, 2.75) is 30.7 Å². The minimum absolute atomic E-state index is 0. The smallest absolute Gasteiger partial charge is 0.254 e. The van der Waals surface area contributed by atoms with Crippen LogP contribution in [0.1, 0.15) is 30.1 Å². The van der Waals surface area contributed by atoms with E-state index in [1.54, 1.807) is 12.1 Å². The van der Waals surface area contributed by atoms with Crippen molar-refractivity contribution in [3.63, 3.8) is 0 Å². The van der Waals surface area contributed by atoms with E-state index in [2.05, 4.69) is 10.0 Å². The van der Waals surface area contributed by atoms with Gasteiger partial charge in [0.1, 0.15) is 0 Å². The van der Waals surface area contributed by atoms with Crippen LogP contribution in [0.15, 0.2) is 29.2 Å². The van der Waals surface area contributed by atoms with E-state index in [0.717, 1.165) is 25.9 Å². The monoisotopic (exact) mass is 405 g/mol. The molecule has 1 saturated heterocycles. The molecule has 1 amide bonds. The Morgan fingerprint density at radius 2 is 2.19 bits per heavy atom. The molecule has 0 spiro atoms. The summed E-state index contributed by atoms with van der Waals surface area (Å²) >= 11 is 0. The third-order valence-corrected chi connectivity index (χ3v) is 5.65. The van der Waals surface area contributed by atoms with Crippen molar-refractivity contribution < 1.29 is 17.9 Å². The number of nitrogens with zero attached hydrogens (tertiary/aromatic N) is 1. The van der Waals surface area contributed by atoms with Gasteiger partial charge in [-0.05, 0) is 37.6 Å². The number of nitrogens with one attached hydrogen (secondary N) is 2. The van der Waals surface area contributed by atoms with E-state index in [9.17, 15) is 13.2 Å². The van der Waals surface area contributed by atoms with Crippen LogP contribution in [0, 0.1) is 0 Å². The second kappa shape index (κ2) is 10.8. The summed E-state index contributed by atoms with van der Waals surface area (Å²) in [7, 11) is -2.15. The van der Waals surface area contributed by atoms with Gasteiger partial charge in [0.2, 0.25) is 10.0 Å². The Kier molecular flexibility index (Phi) is 9.52. The van der Waals surface area contributed by atoms with Gasteiger partial charge >= 0.3 is 0 Å².